The van der Waals surface area contributed by atoms with Gasteiger partial charge in [-0.1, -0.05) is 6.07 Å². The summed E-state index contributed by atoms with van der Waals surface area (Å²) in [4.78, 5) is 26.4. The minimum Gasteiger partial charge on any atom is -0.494 e. The SMILES string of the molecule is CCOc1ccc(N2C[C@@H](NC(=O)/C=C\c3ccc(OC)c(OC)c3)CC2=O)cc1. The molecule has 2 amide bonds. The molecule has 30 heavy (non-hydrogen) atoms. The van der Waals surface area contributed by atoms with E-state index in [2.05, 4.69) is 5.32 Å². The highest BCUT2D eigenvalue weighted by Gasteiger charge is 2.31. The van der Waals surface area contributed by atoms with Crippen LogP contribution in [0.4, 0.5) is 5.69 Å². The Labute approximate surface area is 176 Å². The molecule has 7 nitrogen and oxygen atoms in total. The first-order valence-corrected chi connectivity index (χ1v) is 9.78. The van der Waals surface area contributed by atoms with E-state index in [-0.39, 0.29) is 24.3 Å². The number of carbonyl (C=O) groups excluding carboxylic acids is 2. The summed E-state index contributed by atoms with van der Waals surface area (Å²) in [5.41, 5.74) is 1.60. The molecule has 1 atom stereocenters. The number of nitrogens with zero attached hydrogens (tertiary/aromatic N) is 1. The van der Waals surface area contributed by atoms with Gasteiger partial charge in [0.05, 0.1) is 26.9 Å². The monoisotopic (exact) mass is 410 g/mol. The maximum Gasteiger partial charge on any atom is 0.244 e. The Kier molecular flexibility index (Phi) is 6.95. The van der Waals surface area contributed by atoms with Gasteiger partial charge in [-0.3, -0.25) is 9.59 Å². The van der Waals surface area contributed by atoms with Crippen LogP contribution < -0.4 is 24.4 Å². The van der Waals surface area contributed by atoms with Gasteiger partial charge in [0.1, 0.15) is 5.75 Å². The number of methoxy groups -OCH3 is 2. The van der Waals surface area contributed by atoms with Crippen molar-refractivity contribution in [2.75, 3.05) is 32.3 Å². The average molecular weight is 410 g/mol. The lowest BCUT2D eigenvalue weighted by Gasteiger charge is -2.17. The van der Waals surface area contributed by atoms with Crippen LogP contribution >= 0.6 is 0 Å². The van der Waals surface area contributed by atoms with Crippen molar-refractivity contribution in [1.82, 2.24) is 5.32 Å². The van der Waals surface area contributed by atoms with Crippen molar-refractivity contribution in [2.45, 2.75) is 19.4 Å². The largest absolute Gasteiger partial charge is 0.494 e. The topological polar surface area (TPSA) is 77.1 Å². The van der Waals surface area contributed by atoms with Crippen LogP contribution in [0.25, 0.3) is 6.08 Å². The van der Waals surface area contributed by atoms with Gasteiger partial charge in [-0.15, -0.1) is 0 Å². The second kappa shape index (κ2) is 9.82. The Morgan fingerprint density at radius 1 is 1.13 bits per heavy atom. The predicted octanol–water partition coefficient (Wildman–Crippen LogP) is 3.04. The number of benzene rings is 2. The van der Waals surface area contributed by atoms with Gasteiger partial charge in [0, 0.05) is 24.7 Å². The standard InChI is InChI=1S/C23H26N2O5/c1-4-30-19-9-7-18(8-10-19)25-15-17(14-23(25)27)24-22(26)12-6-16-5-11-20(28-2)21(13-16)29-3/h5-13,17H,4,14-15H2,1-3H3,(H,24,26)/b12-6-/t17-/m0/s1. The number of anilines is 1. The number of hydrogen-bond donors (Lipinski definition) is 1. The fourth-order valence-corrected chi connectivity index (χ4v) is 3.32. The molecule has 0 aromatic heterocycles. The molecule has 0 bridgehead atoms. The summed E-state index contributed by atoms with van der Waals surface area (Å²) in [7, 11) is 3.13. The zero-order valence-corrected chi connectivity index (χ0v) is 17.4. The number of nitrogens with one attached hydrogen (secondary N) is 1. The van der Waals surface area contributed by atoms with Crippen molar-refractivity contribution in [2.24, 2.45) is 0 Å². The van der Waals surface area contributed by atoms with Gasteiger partial charge in [-0.2, -0.15) is 0 Å². The van der Waals surface area contributed by atoms with Crippen molar-refractivity contribution in [3.05, 3.63) is 54.1 Å². The normalized spacial score (nSPS) is 16.0. The lowest BCUT2D eigenvalue weighted by Crippen LogP contribution is -2.36. The lowest BCUT2D eigenvalue weighted by molar-refractivity contribution is -0.117. The second-order valence-electron chi connectivity index (χ2n) is 6.79. The average Bonchev–Trinajstić information content (AvgIpc) is 3.12. The first kappa shape index (κ1) is 21.2. The molecule has 158 valence electrons. The Bertz CT molecular complexity index is 924. The van der Waals surface area contributed by atoms with Gasteiger partial charge in [-0.05, 0) is 55.0 Å². The van der Waals surface area contributed by atoms with Crippen LogP contribution in [0.2, 0.25) is 0 Å². The first-order chi connectivity index (χ1) is 14.5. The number of ether oxygens (including phenoxy) is 3. The number of carbonyl (C=O) groups is 2. The summed E-state index contributed by atoms with van der Waals surface area (Å²) in [6.45, 7) is 2.94. The Balaban J connectivity index is 1.58. The fourth-order valence-electron chi connectivity index (χ4n) is 3.32. The van der Waals surface area contributed by atoms with E-state index in [1.807, 2.05) is 37.3 Å². The van der Waals surface area contributed by atoms with Crippen molar-refractivity contribution >= 4 is 23.6 Å². The zero-order chi connectivity index (χ0) is 21.5. The number of hydrogen-bond acceptors (Lipinski definition) is 5. The third kappa shape index (κ3) is 5.11. The van der Waals surface area contributed by atoms with Crippen LogP contribution in [0.3, 0.4) is 0 Å². The molecule has 0 saturated carbocycles. The molecule has 0 radical (unpaired) electrons. The van der Waals surface area contributed by atoms with Crippen molar-refractivity contribution < 1.29 is 23.8 Å². The summed E-state index contributed by atoms with van der Waals surface area (Å²) in [6.07, 6.45) is 3.41. The maximum absolute atomic E-state index is 12.4. The van der Waals surface area contributed by atoms with Crippen molar-refractivity contribution in [1.29, 1.82) is 0 Å². The van der Waals surface area contributed by atoms with Crippen LogP contribution in [0.15, 0.2) is 48.5 Å². The summed E-state index contributed by atoms with van der Waals surface area (Å²) in [6, 6.07) is 12.5. The van der Waals surface area contributed by atoms with E-state index in [0.29, 0.717) is 24.7 Å². The van der Waals surface area contributed by atoms with Crippen molar-refractivity contribution in [3.8, 4) is 17.2 Å². The maximum atomic E-state index is 12.4. The summed E-state index contributed by atoms with van der Waals surface area (Å²) in [5, 5.41) is 2.89. The van der Waals surface area contributed by atoms with Gasteiger partial charge < -0.3 is 24.4 Å². The van der Waals surface area contributed by atoms with E-state index in [4.69, 9.17) is 14.2 Å². The molecule has 1 N–H and O–H groups in total. The van der Waals surface area contributed by atoms with E-state index in [0.717, 1.165) is 17.0 Å². The lowest BCUT2D eigenvalue weighted by atomic mass is 10.2. The Hall–Kier alpha value is -3.48. The minimum atomic E-state index is -0.254. The summed E-state index contributed by atoms with van der Waals surface area (Å²) >= 11 is 0. The van der Waals surface area contributed by atoms with Gasteiger partial charge >= 0.3 is 0 Å². The summed E-state index contributed by atoms with van der Waals surface area (Å²) < 4.78 is 15.9. The van der Waals surface area contributed by atoms with E-state index in [1.165, 1.54) is 6.08 Å². The molecule has 1 saturated heterocycles. The van der Waals surface area contributed by atoms with E-state index < -0.39 is 0 Å². The van der Waals surface area contributed by atoms with Crippen LogP contribution in [0.5, 0.6) is 17.2 Å². The van der Waals surface area contributed by atoms with E-state index >= 15 is 0 Å². The molecule has 0 unspecified atom stereocenters. The van der Waals surface area contributed by atoms with E-state index in [9.17, 15) is 9.59 Å². The highest BCUT2D eigenvalue weighted by molar-refractivity contribution is 5.98. The van der Waals surface area contributed by atoms with Crippen LogP contribution in [0, 0.1) is 0 Å². The van der Waals surface area contributed by atoms with Gasteiger partial charge in [0.25, 0.3) is 0 Å². The quantitative estimate of drug-likeness (QED) is 0.677. The molecule has 1 aliphatic heterocycles. The third-order valence-electron chi connectivity index (χ3n) is 4.77. The van der Waals surface area contributed by atoms with Gasteiger partial charge in [0.2, 0.25) is 11.8 Å². The molecular weight excluding hydrogens is 384 g/mol. The van der Waals surface area contributed by atoms with Crippen molar-refractivity contribution in [3.63, 3.8) is 0 Å². The summed E-state index contributed by atoms with van der Waals surface area (Å²) in [5.74, 6) is 1.70. The Morgan fingerprint density at radius 2 is 1.87 bits per heavy atom. The van der Waals surface area contributed by atoms with Gasteiger partial charge in [0.15, 0.2) is 11.5 Å². The van der Waals surface area contributed by atoms with E-state index in [1.54, 1.807) is 37.3 Å². The molecular formula is C23H26N2O5. The molecule has 0 aliphatic carbocycles. The first-order valence-electron chi connectivity index (χ1n) is 9.78. The molecule has 1 aliphatic rings. The third-order valence-corrected chi connectivity index (χ3v) is 4.77. The minimum absolute atomic E-state index is 0.0201. The molecule has 2 aromatic carbocycles. The second-order valence-corrected chi connectivity index (χ2v) is 6.79. The molecule has 0 spiro atoms. The molecule has 3 rings (SSSR count). The molecule has 1 fully saturated rings. The highest BCUT2D eigenvalue weighted by Crippen LogP contribution is 2.28. The smallest absolute Gasteiger partial charge is 0.244 e. The van der Waals surface area contributed by atoms with Crippen LogP contribution in [-0.2, 0) is 9.59 Å². The zero-order valence-electron chi connectivity index (χ0n) is 17.4. The Morgan fingerprint density at radius 3 is 2.53 bits per heavy atom. The molecule has 7 heteroatoms. The van der Waals surface area contributed by atoms with Crippen LogP contribution in [-0.4, -0.2) is 45.2 Å². The molecule has 1 heterocycles. The molecule has 2 aromatic rings. The van der Waals surface area contributed by atoms with Crippen LogP contribution in [0.1, 0.15) is 18.9 Å². The van der Waals surface area contributed by atoms with Gasteiger partial charge in [-0.25, -0.2) is 0 Å². The number of rotatable bonds is 8. The highest BCUT2D eigenvalue weighted by atomic mass is 16.5. The number of amides is 2. The fraction of sp³-hybridized carbons (Fsp3) is 0.304. The predicted molar refractivity (Wildman–Crippen MR) is 115 cm³/mol.